The zero-order valence-electron chi connectivity index (χ0n) is 13.0. The van der Waals surface area contributed by atoms with Crippen molar-refractivity contribution in [2.24, 2.45) is 0 Å². The zero-order chi connectivity index (χ0) is 17.7. The SMILES string of the molecule is CCNc1ncnc(NNS(=O)(=O)c2ccc(C)cc2)c1[N+](=O)[O-]. The number of hydrogen-bond donors (Lipinski definition) is 3. The van der Waals surface area contributed by atoms with Crippen molar-refractivity contribution in [3.8, 4) is 0 Å². The molecule has 1 heterocycles. The van der Waals surface area contributed by atoms with E-state index in [-0.39, 0.29) is 16.5 Å². The molecule has 0 aliphatic heterocycles. The second-order valence-corrected chi connectivity index (χ2v) is 6.43. The van der Waals surface area contributed by atoms with E-state index in [4.69, 9.17) is 0 Å². The van der Waals surface area contributed by atoms with Crippen molar-refractivity contribution >= 4 is 27.3 Å². The summed E-state index contributed by atoms with van der Waals surface area (Å²) in [4.78, 5) is 20.1. The summed E-state index contributed by atoms with van der Waals surface area (Å²) < 4.78 is 24.4. The lowest BCUT2D eigenvalue weighted by molar-refractivity contribution is -0.383. The van der Waals surface area contributed by atoms with E-state index in [0.717, 1.165) is 11.9 Å². The van der Waals surface area contributed by atoms with Gasteiger partial charge in [-0.05, 0) is 26.0 Å². The number of aryl methyl sites for hydroxylation is 1. The summed E-state index contributed by atoms with van der Waals surface area (Å²) in [5.41, 5.74) is 2.73. The third kappa shape index (κ3) is 3.94. The summed E-state index contributed by atoms with van der Waals surface area (Å²) in [5.74, 6) is -0.267. The summed E-state index contributed by atoms with van der Waals surface area (Å²) in [6.45, 7) is 3.99. The highest BCUT2D eigenvalue weighted by Crippen LogP contribution is 2.28. The van der Waals surface area contributed by atoms with E-state index in [9.17, 15) is 18.5 Å². The summed E-state index contributed by atoms with van der Waals surface area (Å²) in [5, 5.41) is 13.9. The van der Waals surface area contributed by atoms with E-state index < -0.39 is 20.6 Å². The van der Waals surface area contributed by atoms with E-state index in [0.29, 0.717) is 6.54 Å². The maximum atomic E-state index is 12.2. The normalized spacial score (nSPS) is 11.1. The number of benzene rings is 1. The van der Waals surface area contributed by atoms with Crippen LogP contribution in [0.15, 0.2) is 35.5 Å². The molecule has 0 atom stereocenters. The Balaban J connectivity index is 2.27. The minimum absolute atomic E-state index is 0.00506. The first-order chi connectivity index (χ1) is 11.3. The van der Waals surface area contributed by atoms with E-state index >= 15 is 0 Å². The van der Waals surface area contributed by atoms with Crippen LogP contribution < -0.4 is 15.6 Å². The van der Waals surface area contributed by atoms with Gasteiger partial charge in [0.05, 0.1) is 9.82 Å². The van der Waals surface area contributed by atoms with E-state index in [1.54, 1.807) is 19.1 Å². The van der Waals surface area contributed by atoms with Crippen LogP contribution in [0.3, 0.4) is 0 Å². The second-order valence-electron chi connectivity index (χ2n) is 4.75. The van der Waals surface area contributed by atoms with Gasteiger partial charge in [-0.15, -0.1) is 4.83 Å². The molecule has 2 aromatic rings. The van der Waals surface area contributed by atoms with Crippen LogP contribution in [-0.4, -0.2) is 29.9 Å². The fraction of sp³-hybridized carbons (Fsp3) is 0.231. The topological polar surface area (TPSA) is 139 Å². The van der Waals surface area contributed by atoms with Gasteiger partial charge in [-0.1, -0.05) is 17.7 Å². The lowest BCUT2D eigenvalue weighted by atomic mass is 10.2. The Bertz CT molecular complexity index is 838. The third-order valence-electron chi connectivity index (χ3n) is 2.98. The van der Waals surface area contributed by atoms with Crippen molar-refractivity contribution < 1.29 is 13.3 Å². The molecule has 0 spiro atoms. The Morgan fingerprint density at radius 3 is 2.38 bits per heavy atom. The minimum Gasteiger partial charge on any atom is -0.364 e. The first-order valence-corrected chi connectivity index (χ1v) is 8.41. The first kappa shape index (κ1) is 17.6. The molecule has 1 aromatic carbocycles. The number of nitro groups is 1. The summed E-state index contributed by atoms with van der Waals surface area (Å²) >= 11 is 0. The van der Waals surface area contributed by atoms with Crippen LogP contribution >= 0.6 is 0 Å². The molecular weight excluding hydrogens is 336 g/mol. The number of hydrogen-bond acceptors (Lipinski definition) is 8. The molecule has 0 amide bonds. The quantitative estimate of drug-likeness (QED) is 0.502. The molecule has 1 aromatic heterocycles. The first-order valence-electron chi connectivity index (χ1n) is 6.93. The van der Waals surface area contributed by atoms with Crippen LogP contribution in [0.4, 0.5) is 17.3 Å². The molecular formula is C13H16N6O4S. The zero-order valence-corrected chi connectivity index (χ0v) is 13.8. The van der Waals surface area contributed by atoms with Gasteiger partial charge in [0.25, 0.3) is 10.0 Å². The molecule has 0 aliphatic rings. The van der Waals surface area contributed by atoms with Crippen LogP contribution in [0, 0.1) is 17.0 Å². The average Bonchev–Trinajstić information content (AvgIpc) is 2.53. The highest BCUT2D eigenvalue weighted by atomic mass is 32.2. The van der Waals surface area contributed by atoms with Gasteiger partial charge in [0.15, 0.2) is 0 Å². The van der Waals surface area contributed by atoms with Crippen molar-refractivity contribution in [3.63, 3.8) is 0 Å². The molecule has 128 valence electrons. The van der Waals surface area contributed by atoms with E-state index in [1.807, 2.05) is 6.92 Å². The number of nitrogens with zero attached hydrogens (tertiary/aromatic N) is 3. The van der Waals surface area contributed by atoms with E-state index in [2.05, 4.69) is 25.5 Å². The molecule has 0 aliphatic carbocycles. The Hall–Kier alpha value is -2.79. The highest BCUT2D eigenvalue weighted by Gasteiger charge is 2.24. The van der Waals surface area contributed by atoms with Gasteiger partial charge in [0, 0.05) is 6.54 Å². The van der Waals surface area contributed by atoms with Gasteiger partial charge in [-0.25, -0.2) is 18.4 Å². The number of sulfonamides is 1. The molecule has 0 saturated heterocycles. The molecule has 3 N–H and O–H groups in total. The van der Waals surface area contributed by atoms with Gasteiger partial charge >= 0.3 is 5.69 Å². The fourth-order valence-corrected chi connectivity index (χ4v) is 2.68. The highest BCUT2D eigenvalue weighted by molar-refractivity contribution is 7.89. The van der Waals surface area contributed by atoms with Crippen molar-refractivity contribution in [1.82, 2.24) is 14.8 Å². The van der Waals surface area contributed by atoms with E-state index in [1.165, 1.54) is 12.1 Å². The molecule has 24 heavy (non-hydrogen) atoms. The predicted molar refractivity (Wildman–Crippen MR) is 88.0 cm³/mol. The maximum absolute atomic E-state index is 12.2. The fourth-order valence-electron chi connectivity index (χ4n) is 1.83. The Morgan fingerprint density at radius 1 is 1.17 bits per heavy atom. The van der Waals surface area contributed by atoms with Crippen LogP contribution in [0.2, 0.25) is 0 Å². The largest absolute Gasteiger partial charge is 0.364 e. The molecule has 0 radical (unpaired) electrons. The van der Waals surface area contributed by atoms with Gasteiger partial charge in [-0.2, -0.15) is 0 Å². The molecule has 2 rings (SSSR count). The molecule has 0 saturated carbocycles. The summed E-state index contributed by atoms with van der Waals surface area (Å²) in [7, 11) is -3.91. The number of hydrazine groups is 1. The third-order valence-corrected chi connectivity index (χ3v) is 4.25. The second kappa shape index (κ2) is 7.19. The number of rotatable bonds is 7. The number of aromatic nitrogens is 2. The molecule has 0 bridgehead atoms. The molecule has 0 fully saturated rings. The molecule has 11 heteroatoms. The monoisotopic (exact) mass is 352 g/mol. The van der Waals surface area contributed by atoms with Gasteiger partial charge in [0.2, 0.25) is 11.6 Å². The van der Waals surface area contributed by atoms with Gasteiger partial charge in [0.1, 0.15) is 6.33 Å². The average molecular weight is 352 g/mol. The Labute approximate surface area is 138 Å². The summed E-state index contributed by atoms with van der Waals surface area (Å²) in [6, 6.07) is 6.14. The van der Waals surface area contributed by atoms with Crippen LogP contribution in [0.25, 0.3) is 0 Å². The lowest BCUT2D eigenvalue weighted by Crippen LogP contribution is -2.30. The van der Waals surface area contributed by atoms with Crippen molar-refractivity contribution in [2.45, 2.75) is 18.7 Å². The van der Waals surface area contributed by atoms with Crippen molar-refractivity contribution in [2.75, 3.05) is 17.3 Å². The van der Waals surface area contributed by atoms with Crippen molar-refractivity contribution in [3.05, 3.63) is 46.3 Å². The number of nitrogens with one attached hydrogen (secondary N) is 3. The number of anilines is 2. The Morgan fingerprint density at radius 2 is 1.79 bits per heavy atom. The lowest BCUT2D eigenvalue weighted by Gasteiger charge is -2.10. The summed E-state index contributed by atoms with van der Waals surface area (Å²) in [6.07, 6.45) is 1.09. The Kier molecular flexibility index (Phi) is 5.26. The van der Waals surface area contributed by atoms with Crippen molar-refractivity contribution in [1.29, 1.82) is 0 Å². The van der Waals surface area contributed by atoms with Gasteiger partial charge < -0.3 is 5.32 Å². The van der Waals surface area contributed by atoms with Crippen LogP contribution in [-0.2, 0) is 10.0 Å². The predicted octanol–water partition coefficient (Wildman–Crippen LogP) is 1.43. The molecule has 10 nitrogen and oxygen atoms in total. The van der Waals surface area contributed by atoms with Crippen LogP contribution in [0.1, 0.15) is 12.5 Å². The van der Waals surface area contributed by atoms with Gasteiger partial charge in [-0.3, -0.25) is 15.5 Å². The maximum Gasteiger partial charge on any atom is 0.354 e. The molecule has 0 unspecified atom stereocenters. The standard InChI is InChI=1S/C13H16N6O4S/c1-3-14-12-11(19(20)21)13(16-8-15-12)17-18-24(22,23)10-6-4-9(2)5-7-10/h4-8,18H,3H2,1-2H3,(H2,14,15,16,17). The van der Waals surface area contributed by atoms with Crippen LogP contribution in [0.5, 0.6) is 0 Å². The minimum atomic E-state index is -3.91. The smallest absolute Gasteiger partial charge is 0.354 e.